The highest BCUT2D eigenvalue weighted by Crippen LogP contribution is 2.27. The molecule has 0 spiro atoms. The van der Waals surface area contributed by atoms with Gasteiger partial charge in [-0.2, -0.15) is 0 Å². The minimum Gasteiger partial charge on any atom is -0.493 e. The van der Waals surface area contributed by atoms with Gasteiger partial charge in [0.2, 0.25) is 0 Å². The van der Waals surface area contributed by atoms with Crippen molar-refractivity contribution in [3.8, 4) is 11.5 Å². The van der Waals surface area contributed by atoms with E-state index < -0.39 is 9.84 Å². The van der Waals surface area contributed by atoms with Crippen molar-refractivity contribution in [2.75, 3.05) is 32.8 Å². The molecule has 0 aliphatic carbocycles. The highest BCUT2D eigenvalue weighted by Gasteiger charge is 2.28. The van der Waals surface area contributed by atoms with Crippen molar-refractivity contribution in [3.05, 3.63) is 23.8 Å². The van der Waals surface area contributed by atoms with Gasteiger partial charge in [0.1, 0.15) is 0 Å². The molecule has 1 saturated heterocycles. The van der Waals surface area contributed by atoms with Gasteiger partial charge in [-0.25, -0.2) is 8.42 Å². The predicted octanol–water partition coefficient (Wildman–Crippen LogP) is 1.17. The lowest BCUT2D eigenvalue weighted by molar-refractivity contribution is 0.354. The number of hydrogen-bond donors (Lipinski definition) is 2. The molecule has 2 rings (SSSR count). The van der Waals surface area contributed by atoms with Crippen molar-refractivity contribution in [3.63, 3.8) is 0 Å². The second kappa shape index (κ2) is 9.30. The van der Waals surface area contributed by atoms with Crippen molar-refractivity contribution in [1.82, 2.24) is 10.6 Å². The van der Waals surface area contributed by atoms with Gasteiger partial charge in [-0.3, -0.25) is 4.99 Å². The molecule has 136 valence electrons. The number of halogens is 1. The lowest BCUT2D eigenvalue weighted by Gasteiger charge is -2.16. The Balaban J connectivity index is 0.00000288. The maximum Gasteiger partial charge on any atom is 0.191 e. The SMILES string of the molecule is CN=C(NCc1ccc(OC)c(OC)c1)NC1CCS(=O)(=O)C1.I. The normalized spacial score (nSPS) is 19.3. The maximum atomic E-state index is 11.5. The number of nitrogens with one attached hydrogen (secondary N) is 2. The Bertz CT molecular complexity index is 679. The summed E-state index contributed by atoms with van der Waals surface area (Å²) in [5.74, 6) is 2.31. The molecule has 0 saturated carbocycles. The third kappa shape index (κ3) is 5.69. The van der Waals surface area contributed by atoms with E-state index in [-0.39, 0.29) is 41.5 Å². The number of aliphatic imine (C=N–C) groups is 1. The fourth-order valence-electron chi connectivity index (χ4n) is 2.47. The van der Waals surface area contributed by atoms with E-state index in [1.807, 2.05) is 18.2 Å². The molecule has 0 radical (unpaired) electrons. The van der Waals surface area contributed by atoms with Gasteiger partial charge < -0.3 is 20.1 Å². The third-order valence-electron chi connectivity index (χ3n) is 3.70. The van der Waals surface area contributed by atoms with Gasteiger partial charge in [-0.15, -0.1) is 24.0 Å². The molecule has 2 N–H and O–H groups in total. The maximum absolute atomic E-state index is 11.5. The summed E-state index contributed by atoms with van der Waals surface area (Å²) >= 11 is 0. The number of hydrogen-bond acceptors (Lipinski definition) is 5. The highest BCUT2D eigenvalue weighted by molar-refractivity contribution is 14.0. The Kier molecular flexibility index (Phi) is 8.07. The van der Waals surface area contributed by atoms with E-state index in [4.69, 9.17) is 9.47 Å². The van der Waals surface area contributed by atoms with Crippen LogP contribution in [0, 0.1) is 0 Å². The molecule has 1 unspecified atom stereocenters. The summed E-state index contributed by atoms with van der Waals surface area (Å²) < 4.78 is 33.5. The average Bonchev–Trinajstić information content (AvgIpc) is 2.89. The standard InChI is InChI=1S/C15H23N3O4S.HI/c1-16-15(18-12-6-7-23(19,20)10-12)17-9-11-4-5-13(21-2)14(8-11)22-3;/h4-5,8,12H,6-7,9-10H2,1-3H3,(H2,16,17,18);1H. The van der Waals surface area contributed by atoms with Crippen LogP contribution < -0.4 is 20.1 Å². The van der Waals surface area contributed by atoms with E-state index in [0.29, 0.717) is 30.4 Å². The number of rotatable bonds is 5. The van der Waals surface area contributed by atoms with Gasteiger partial charge in [0.15, 0.2) is 27.3 Å². The van der Waals surface area contributed by atoms with E-state index >= 15 is 0 Å². The summed E-state index contributed by atoms with van der Waals surface area (Å²) in [6.45, 7) is 0.541. The van der Waals surface area contributed by atoms with Crippen LogP contribution in [-0.2, 0) is 16.4 Å². The Morgan fingerprint density at radius 2 is 2.00 bits per heavy atom. The largest absolute Gasteiger partial charge is 0.493 e. The van der Waals surface area contributed by atoms with Gasteiger partial charge in [0.25, 0.3) is 0 Å². The van der Waals surface area contributed by atoms with Crippen molar-refractivity contribution >= 4 is 39.8 Å². The van der Waals surface area contributed by atoms with Gasteiger partial charge in [-0.1, -0.05) is 6.07 Å². The zero-order valence-electron chi connectivity index (χ0n) is 14.0. The second-order valence-electron chi connectivity index (χ2n) is 5.36. The molecule has 1 aromatic rings. The summed E-state index contributed by atoms with van der Waals surface area (Å²) in [5.41, 5.74) is 1.00. The molecular formula is C15H24IN3O4S. The van der Waals surface area contributed by atoms with Gasteiger partial charge in [0.05, 0.1) is 25.7 Å². The molecule has 1 aliphatic heterocycles. The summed E-state index contributed by atoms with van der Waals surface area (Å²) in [6.07, 6.45) is 0.611. The molecule has 24 heavy (non-hydrogen) atoms. The average molecular weight is 469 g/mol. The number of guanidine groups is 1. The second-order valence-corrected chi connectivity index (χ2v) is 7.59. The summed E-state index contributed by atoms with van der Waals surface area (Å²) in [5, 5.41) is 6.32. The van der Waals surface area contributed by atoms with Crippen molar-refractivity contribution in [1.29, 1.82) is 0 Å². The molecule has 0 amide bonds. The van der Waals surface area contributed by atoms with Crippen LogP contribution in [0.1, 0.15) is 12.0 Å². The van der Waals surface area contributed by atoms with Gasteiger partial charge >= 0.3 is 0 Å². The summed E-state index contributed by atoms with van der Waals surface area (Å²) in [7, 11) is 1.94. The number of ether oxygens (including phenoxy) is 2. The molecule has 9 heteroatoms. The minimum absolute atomic E-state index is 0. The van der Waals surface area contributed by atoms with Crippen molar-refractivity contribution < 1.29 is 17.9 Å². The van der Waals surface area contributed by atoms with Gasteiger partial charge in [-0.05, 0) is 24.1 Å². The van der Waals surface area contributed by atoms with E-state index in [9.17, 15) is 8.42 Å². The first kappa shape index (κ1) is 20.8. The lowest BCUT2D eigenvalue weighted by atomic mass is 10.2. The molecule has 1 aromatic carbocycles. The minimum atomic E-state index is -2.91. The Morgan fingerprint density at radius 1 is 1.29 bits per heavy atom. The van der Waals surface area contributed by atoms with Crippen LogP contribution >= 0.6 is 24.0 Å². The first-order valence-corrected chi connectivity index (χ1v) is 9.18. The van der Waals surface area contributed by atoms with Crippen LogP contribution in [0.25, 0.3) is 0 Å². The first-order valence-electron chi connectivity index (χ1n) is 7.36. The zero-order chi connectivity index (χ0) is 16.9. The van der Waals surface area contributed by atoms with Crippen LogP contribution in [0.2, 0.25) is 0 Å². The van der Waals surface area contributed by atoms with Crippen LogP contribution in [0.5, 0.6) is 11.5 Å². The Hall–Kier alpha value is -1.23. The van der Waals surface area contributed by atoms with E-state index in [0.717, 1.165) is 5.56 Å². The monoisotopic (exact) mass is 469 g/mol. The third-order valence-corrected chi connectivity index (χ3v) is 5.47. The topological polar surface area (TPSA) is 89.0 Å². The molecule has 7 nitrogen and oxygen atoms in total. The smallest absolute Gasteiger partial charge is 0.191 e. The highest BCUT2D eigenvalue weighted by atomic mass is 127. The number of benzene rings is 1. The van der Waals surface area contributed by atoms with Gasteiger partial charge in [0, 0.05) is 19.6 Å². The quantitative estimate of drug-likeness (QED) is 0.383. The van der Waals surface area contributed by atoms with Crippen LogP contribution in [-0.4, -0.2) is 53.2 Å². The summed E-state index contributed by atoms with van der Waals surface area (Å²) in [6, 6.07) is 5.58. The molecule has 1 fully saturated rings. The van der Waals surface area contributed by atoms with Crippen molar-refractivity contribution in [2.45, 2.75) is 19.0 Å². The molecule has 1 atom stereocenters. The van der Waals surface area contributed by atoms with Crippen LogP contribution in [0.4, 0.5) is 0 Å². The lowest BCUT2D eigenvalue weighted by Crippen LogP contribution is -2.43. The Morgan fingerprint density at radius 3 is 2.54 bits per heavy atom. The fraction of sp³-hybridized carbons (Fsp3) is 0.533. The first-order chi connectivity index (χ1) is 11.0. The fourth-order valence-corrected chi connectivity index (χ4v) is 4.15. The number of sulfone groups is 1. The Labute approximate surface area is 160 Å². The molecule has 1 heterocycles. The predicted molar refractivity (Wildman–Crippen MR) is 105 cm³/mol. The molecular weight excluding hydrogens is 445 g/mol. The zero-order valence-corrected chi connectivity index (χ0v) is 17.2. The molecule has 1 aliphatic rings. The van der Waals surface area contributed by atoms with Crippen LogP contribution in [0.3, 0.4) is 0 Å². The number of methoxy groups -OCH3 is 2. The molecule has 0 bridgehead atoms. The van der Waals surface area contributed by atoms with E-state index in [1.54, 1.807) is 21.3 Å². The van der Waals surface area contributed by atoms with Crippen LogP contribution in [0.15, 0.2) is 23.2 Å². The number of nitrogens with zero attached hydrogens (tertiary/aromatic N) is 1. The summed E-state index contributed by atoms with van der Waals surface area (Å²) in [4.78, 5) is 4.13. The van der Waals surface area contributed by atoms with E-state index in [1.165, 1.54) is 0 Å². The molecule has 0 aromatic heterocycles. The van der Waals surface area contributed by atoms with E-state index in [2.05, 4.69) is 15.6 Å². The van der Waals surface area contributed by atoms with Crippen molar-refractivity contribution in [2.24, 2.45) is 4.99 Å².